The Kier molecular flexibility index (Phi) is 4.60. The minimum Gasteiger partial charge on any atom is -0.389 e. The fourth-order valence-corrected chi connectivity index (χ4v) is 4.03. The molecule has 4 nitrogen and oxygen atoms in total. The second kappa shape index (κ2) is 6.03. The third kappa shape index (κ3) is 4.60. The van der Waals surface area contributed by atoms with Gasteiger partial charge in [0, 0.05) is 6.54 Å². The number of hydrogen-bond donors (Lipinski definition) is 2. The van der Waals surface area contributed by atoms with E-state index >= 15 is 0 Å². The summed E-state index contributed by atoms with van der Waals surface area (Å²) in [6, 6.07) is 9.38. The molecule has 0 unspecified atom stereocenters. The fraction of sp³-hybridized carbons (Fsp3) is 0.571. The SMILES string of the molecule is O=S(=O)(CC1(O)CCCCC1)NCc1ccccc1. The van der Waals surface area contributed by atoms with Gasteiger partial charge in [-0.05, 0) is 18.4 Å². The van der Waals surface area contributed by atoms with Crippen LogP contribution in [0.5, 0.6) is 0 Å². The van der Waals surface area contributed by atoms with Crippen LogP contribution in [-0.4, -0.2) is 24.9 Å². The van der Waals surface area contributed by atoms with Crippen molar-refractivity contribution in [3.63, 3.8) is 0 Å². The standard InChI is InChI=1S/C14H21NO3S/c16-14(9-5-2-6-10-14)12-19(17,18)15-11-13-7-3-1-4-8-13/h1,3-4,7-8,15-16H,2,5-6,9-12H2. The van der Waals surface area contributed by atoms with E-state index in [-0.39, 0.29) is 12.3 Å². The number of benzene rings is 1. The molecule has 5 heteroatoms. The lowest BCUT2D eigenvalue weighted by Gasteiger charge is -2.31. The van der Waals surface area contributed by atoms with Crippen LogP contribution in [-0.2, 0) is 16.6 Å². The Morgan fingerprint density at radius 3 is 2.37 bits per heavy atom. The Morgan fingerprint density at radius 1 is 1.11 bits per heavy atom. The van der Waals surface area contributed by atoms with Gasteiger partial charge in [-0.25, -0.2) is 13.1 Å². The Morgan fingerprint density at radius 2 is 1.74 bits per heavy atom. The predicted molar refractivity (Wildman–Crippen MR) is 75.1 cm³/mol. The van der Waals surface area contributed by atoms with Gasteiger partial charge >= 0.3 is 0 Å². The van der Waals surface area contributed by atoms with E-state index in [0.717, 1.165) is 24.8 Å². The largest absolute Gasteiger partial charge is 0.389 e. The van der Waals surface area contributed by atoms with Crippen LogP contribution in [0.25, 0.3) is 0 Å². The predicted octanol–water partition coefficient (Wildman–Crippen LogP) is 1.80. The molecule has 1 aliphatic rings. The van der Waals surface area contributed by atoms with Crippen LogP contribution in [0.2, 0.25) is 0 Å². The molecule has 0 bridgehead atoms. The number of nitrogens with one attached hydrogen (secondary N) is 1. The van der Waals surface area contributed by atoms with E-state index in [0.29, 0.717) is 12.8 Å². The van der Waals surface area contributed by atoms with Gasteiger partial charge in [-0.2, -0.15) is 0 Å². The lowest BCUT2D eigenvalue weighted by atomic mass is 9.86. The average Bonchev–Trinajstić information content (AvgIpc) is 2.37. The molecule has 2 N–H and O–H groups in total. The summed E-state index contributed by atoms with van der Waals surface area (Å²) in [5.41, 5.74) is -0.123. The monoisotopic (exact) mass is 283 g/mol. The maximum Gasteiger partial charge on any atom is 0.214 e. The van der Waals surface area contributed by atoms with E-state index in [1.807, 2.05) is 30.3 Å². The third-order valence-corrected chi connectivity index (χ3v) is 5.08. The average molecular weight is 283 g/mol. The summed E-state index contributed by atoms with van der Waals surface area (Å²) in [5, 5.41) is 10.3. The molecule has 1 aromatic carbocycles. The van der Waals surface area contributed by atoms with Crippen LogP contribution in [0.1, 0.15) is 37.7 Å². The molecular weight excluding hydrogens is 262 g/mol. The van der Waals surface area contributed by atoms with Gasteiger partial charge in [0.15, 0.2) is 0 Å². The molecule has 1 aromatic rings. The van der Waals surface area contributed by atoms with Gasteiger partial charge in [-0.1, -0.05) is 49.6 Å². The zero-order chi connectivity index (χ0) is 13.8. The molecule has 19 heavy (non-hydrogen) atoms. The molecule has 106 valence electrons. The van der Waals surface area contributed by atoms with Crippen molar-refractivity contribution in [3.05, 3.63) is 35.9 Å². The van der Waals surface area contributed by atoms with E-state index in [2.05, 4.69) is 4.72 Å². The van der Waals surface area contributed by atoms with Crippen molar-refractivity contribution in [2.24, 2.45) is 0 Å². The normalized spacial score (nSPS) is 19.2. The lowest BCUT2D eigenvalue weighted by molar-refractivity contribution is 0.0255. The van der Waals surface area contributed by atoms with E-state index in [1.54, 1.807) is 0 Å². The highest BCUT2D eigenvalue weighted by molar-refractivity contribution is 7.89. The summed E-state index contributed by atoms with van der Waals surface area (Å²) in [6.45, 7) is 0.277. The highest BCUT2D eigenvalue weighted by Crippen LogP contribution is 2.29. The maximum absolute atomic E-state index is 12.0. The van der Waals surface area contributed by atoms with Gasteiger partial charge in [0.05, 0.1) is 11.4 Å². The smallest absolute Gasteiger partial charge is 0.214 e. The summed E-state index contributed by atoms with van der Waals surface area (Å²) in [4.78, 5) is 0. The van der Waals surface area contributed by atoms with Gasteiger partial charge < -0.3 is 5.11 Å². The van der Waals surface area contributed by atoms with Crippen LogP contribution in [0.15, 0.2) is 30.3 Å². The van der Waals surface area contributed by atoms with Crippen LogP contribution >= 0.6 is 0 Å². The molecule has 1 saturated carbocycles. The molecule has 2 rings (SSSR count). The topological polar surface area (TPSA) is 66.4 Å². The molecule has 1 aliphatic carbocycles. The Labute approximate surface area is 114 Å². The summed E-state index contributed by atoms with van der Waals surface area (Å²) in [7, 11) is -3.44. The minimum absolute atomic E-state index is 0.188. The first kappa shape index (κ1) is 14.5. The zero-order valence-electron chi connectivity index (χ0n) is 11.0. The first-order valence-corrected chi connectivity index (χ1v) is 8.38. The molecule has 1 fully saturated rings. The van der Waals surface area contributed by atoms with Gasteiger partial charge in [0.1, 0.15) is 0 Å². The number of hydrogen-bond acceptors (Lipinski definition) is 3. The summed E-state index contributed by atoms with van der Waals surface area (Å²) < 4.78 is 26.6. The Balaban J connectivity index is 1.91. The van der Waals surface area contributed by atoms with E-state index in [1.165, 1.54) is 0 Å². The molecular formula is C14H21NO3S. The quantitative estimate of drug-likeness (QED) is 0.866. The van der Waals surface area contributed by atoms with Crippen LogP contribution in [0.4, 0.5) is 0 Å². The van der Waals surface area contributed by atoms with Crippen molar-refractivity contribution in [3.8, 4) is 0 Å². The van der Waals surface area contributed by atoms with E-state index in [4.69, 9.17) is 0 Å². The molecule has 0 aromatic heterocycles. The van der Waals surface area contributed by atoms with Crippen molar-refractivity contribution < 1.29 is 13.5 Å². The molecule has 0 amide bonds. The van der Waals surface area contributed by atoms with Gasteiger partial charge in [0.25, 0.3) is 0 Å². The fourth-order valence-electron chi connectivity index (χ4n) is 2.55. The van der Waals surface area contributed by atoms with Crippen molar-refractivity contribution in [1.82, 2.24) is 4.72 Å². The van der Waals surface area contributed by atoms with Crippen molar-refractivity contribution >= 4 is 10.0 Å². The number of aliphatic hydroxyl groups is 1. The lowest BCUT2D eigenvalue weighted by Crippen LogP contribution is -2.43. The highest BCUT2D eigenvalue weighted by Gasteiger charge is 2.34. The molecule has 0 saturated heterocycles. The van der Waals surface area contributed by atoms with Crippen molar-refractivity contribution in [2.75, 3.05) is 5.75 Å². The first-order chi connectivity index (χ1) is 8.99. The van der Waals surface area contributed by atoms with Gasteiger partial charge in [-0.15, -0.1) is 0 Å². The second-order valence-corrected chi connectivity index (χ2v) is 7.16. The number of rotatable bonds is 5. The molecule has 0 radical (unpaired) electrons. The van der Waals surface area contributed by atoms with Crippen LogP contribution < -0.4 is 4.72 Å². The minimum atomic E-state index is -3.44. The van der Waals surface area contributed by atoms with Crippen LogP contribution in [0.3, 0.4) is 0 Å². The second-order valence-electron chi connectivity index (χ2n) is 5.35. The zero-order valence-corrected chi connectivity index (χ0v) is 11.8. The van der Waals surface area contributed by atoms with Crippen LogP contribution in [0, 0.1) is 0 Å². The summed E-state index contributed by atoms with van der Waals surface area (Å²) in [6.07, 6.45) is 4.06. The third-order valence-electron chi connectivity index (χ3n) is 3.58. The van der Waals surface area contributed by atoms with Gasteiger partial charge in [0.2, 0.25) is 10.0 Å². The van der Waals surface area contributed by atoms with E-state index < -0.39 is 15.6 Å². The highest BCUT2D eigenvalue weighted by atomic mass is 32.2. The number of sulfonamides is 1. The van der Waals surface area contributed by atoms with Crippen molar-refractivity contribution in [2.45, 2.75) is 44.2 Å². The maximum atomic E-state index is 12.0. The summed E-state index contributed by atoms with van der Waals surface area (Å²) >= 11 is 0. The Hall–Kier alpha value is -0.910. The first-order valence-electron chi connectivity index (χ1n) is 6.73. The molecule has 0 atom stereocenters. The molecule has 0 aliphatic heterocycles. The van der Waals surface area contributed by atoms with Gasteiger partial charge in [-0.3, -0.25) is 0 Å². The van der Waals surface area contributed by atoms with Crippen molar-refractivity contribution in [1.29, 1.82) is 0 Å². The molecule has 0 heterocycles. The summed E-state index contributed by atoms with van der Waals surface area (Å²) in [5.74, 6) is -0.188. The Bertz CT molecular complexity index is 493. The molecule has 0 spiro atoms. The van der Waals surface area contributed by atoms with E-state index in [9.17, 15) is 13.5 Å².